The average Bonchev–Trinajstić information content (AvgIpc) is 2.55. The number of hydrogen-bond acceptors (Lipinski definition) is 4. The third kappa shape index (κ3) is 5.78. The molecule has 1 amide bonds. The number of rotatable bonds is 7. The summed E-state index contributed by atoms with van der Waals surface area (Å²) in [5.41, 5.74) is 0.241. The number of benzene rings is 1. The lowest BCUT2D eigenvalue weighted by Gasteiger charge is -2.08. The van der Waals surface area contributed by atoms with E-state index in [-0.39, 0.29) is 17.5 Å². The Balaban J connectivity index is 1.98. The van der Waals surface area contributed by atoms with E-state index in [4.69, 9.17) is 27.9 Å². The average molecular weight is 387 g/mol. The molecule has 1 atom stereocenters. The predicted octanol–water partition coefficient (Wildman–Crippen LogP) is 3.68. The van der Waals surface area contributed by atoms with E-state index in [1.54, 1.807) is 42.7 Å². The fourth-order valence-electron chi connectivity index (χ4n) is 1.83. The molecule has 0 fully saturated rings. The lowest BCUT2D eigenvalue weighted by molar-refractivity contribution is 0.0948. The van der Waals surface area contributed by atoms with Gasteiger partial charge in [0.05, 0.1) is 10.0 Å². The van der Waals surface area contributed by atoms with E-state index in [9.17, 15) is 9.00 Å². The van der Waals surface area contributed by atoms with Crippen molar-refractivity contribution in [2.75, 3.05) is 18.6 Å². The van der Waals surface area contributed by atoms with Gasteiger partial charge in [-0.2, -0.15) is 0 Å². The van der Waals surface area contributed by atoms with Crippen LogP contribution in [-0.2, 0) is 10.8 Å². The van der Waals surface area contributed by atoms with Gasteiger partial charge in [-0.15, -0.1) is 0 Å². The number of halogens is 2. The van der Waals surface area contributed by atoms with Crippen LogP contribution in [-0.4, -0.2) is 33.7 Å². The largest absolute Gasteiger partial charge is 0.439 e. The van der Waals surface area contributed by atoms with Gasteiger partial charge >= 0.3 is 0 Å². The quantitative estimate of drug-likeness (QED) is 0.736. The van der Waals surface area contributed by atoms with Crippen molar-refractivity contribution in [2.24, 2.45) is 0 Å². The molecule has 0 saturated carbocycles. The Morgan fingerprint density at radius 1 is 1.25 bits per heavy atom. The number of carbonyl (C=O) groups is 1. The minimum absolute atomic E-state index is 0.241. The Morgan fingerprint density at radius 3 is 2.75 bits per heavy atom. The van der Waals surface area contributed by atoms with Crippen LogP contribution < -0.4 is 10.1 Å². The van der Waals surface area contributed by atoms with Crippen molar-refractivity contribution in [1.82, 2.24) is 10.3 Å². The van der Waals surface area contributed by atoms with E-state index in [1.165, 1.54) is 0 Å². The number of ether oxygens (including phenoxy) is 1. The molecule has 24 heavy (non-hydrogen) atoms. The molecule has 1 N–H and O–H groups in total. The highest BCUT2D eigenvalue weighted by Crippen LogP contribution is 2.28. The lowest BCUT2D eigenvalue weighted by atomic mass is 10.3. The third-order valence-electron chi connectivity index (χ3n) is 2.96. The van der Waals surface area contributed by atoms with E-state index in [0.29, 0.717) is 34.5 Å². The van der Waals surface area contributed by atoms with Crippen molar-refractivity contribution in [1.29, 1.82) is 0 Å². The minimum Gasteiger partial charge on any atom is -0.439 e. The van der Waals surface area contributed by atoms with Gasteiger partial charge in [-0.05, 0) is 24.6 Å². The summed E-state index contributed by atoms with van der Waals surface area (Å²) < 4.78 is 16.6. The van der Waals surface area contributed by atoms with Crippen LogP contribution in [0.5, 0.6) is 11.6 Å². The summed E-state index contributed by atoms with van der Waals surface area (Å²) in [6, 6.07) is 9.76. The van der Waals surface area contributed by atoms with Crippen LogP contribution in [0.3, 0.4) is 0 Å². The SMILES string of the molecule is C[S@](=O)CCCNC(=O)c1cccc(Oc2ccc(Cl)c(Cl)c2)n1. The maximum Gasteiger partial charge on any atom is 0.270 e. The summed E-state index contributed by atoms with van der Waals surface area (Å²) in [6.45, 7) is 0.442. The predicted molar refractivity (Wildman–Crippen MR) is 96.7 cm³/mol. The van der Waals surface area contributed by atoms with Gasteiger partial charge in [-0.25, -0.2) is 4.98 Å². The molecule has 0 aliphatic heterocycles. The minimum atomic E-state index is -0.862. The summed E-state index contributed by atoms with van der Waals surface area (Å²) in [6.07, 6.45) is 2.28. The van der Waals surface area contributed by atoms with Crippen molar-refractivity contribution in [3.63, 3.8) is 0 Å². The highest BCUT2D eigenvalue weighted by atomic mass is 35.5. The zero-order valence-corrected chi connectivity index (χ0v) is 15.2. The van der Waals surface area contributed by atoms with Crippen LogP contribution in [0.25, 0.3) is 0 Å². The van der Waals surface area contributed by atoms with Gasteiger partial charge in [0.2, 0.25) is 5.88 Å². The Morgan fingerprint density at radius 2 is 2.04 bits per heavy atom. The summed E-state index contributed by atoms with van der Waals surface area (Å²) in [4.78, 5) is 16.2. The van der Waals surface area contributed by atoms with E-state index >= 15 is 0 Å². The zero-order chi connectivity index (χ0) is 17.5. The Hall–Kier alpha value is -1.63. The van der Waals surface area contributed by atoms with Gasteiger partial charge in [0.1, 0.15) is 11.4 Å². The second-order valence-corrected chi connectivity index (χ2v) is 7.29. The third-order valence-corrected chi connectivity index (χ3v) is 4.57. The summed E-state index contributed by atoms with van der Waals surface area (Å²) in [5.74, 6) is 0.987. The van der Waals surface area contributed by atoms with Crippen LogP contribution in [0, 0.1) is 0 Å². The molecule has 0 bridgehead atoms. The number of carbonyl (C=O) groups excluding carboxylic acids is 1. The van der Waals surface area contributed by atoms with Crippen molar-refractivity contribution in [3.05, 3.63) is 52.1 Å². The van der Waals surface area contributed by atoms with Gasteiger partial charge < -0.3 is 10.1 Å². The molecule has 1 heterocycles. The van der Waals surface area contributed by atoms with E-state index in [2.05, 4.69) is 10.3 Å². The van der Waals surface area contributed by atoms with Gasteiger partial charge in [-0.1, -0.05) is 29.3 Å². The van der Waals surface area contributed by atoms with Crippen molar-refractivity contribution in [3.8, 4) is 11.6 Å². The van der Waals surface area contributed by atoms with Crippen molar-refractivity contribution < 1.29 is 13.7 Å². The summed E-state index contributed by atoms with van der Waals surface area (Å²) >= 11 is 11.8. The second kappa shape index (κ2) is 9.01. The van der Waals surface area contributed by atoms with E-state index in [1.807, 2.05) is 0 Å². The first kappa shape index (κ1) is 18.7. The van der Waals surface area contributed by atoms with Gasteiger partial charge in [0.25, 0.3) is 5.91 Å². The molecule has 2 rings (SSSR count). The van der Waals surface area contributed by atoms with Gasteiger partial charge in [0, 0.05) is 41.5 Å². The zero-order valence-electron chi connectivity index (χ0n) is 12.9. The van der Waals surface area contributed by atoms with E-state index in [0.717, 1.165) is 0 Å². The summed E-state index contributed by atoms with van der Waals surface area (Å²) in [7, 11) is -0.862. The number of nitrogens with zero attached hydrogens (tertiary/aromatic N) is 1. The molecule has 2 aromatic rings. The summed E-state index contributed by atoms with van der Waals surface area (Å²) in [5, 5.41) is 3.53. The van der Waals surface area contributed by atoms with Crippen LogP contribution in [0.2, 0.25) is 10.0 Å². The number of hydrogen-bond donors (Lipinski definition) is 1. The van der Waals surface area contributed by atoms with Crippen molar-refractivity contribution >= 4 is 39.9 Å². The molecular formula is C16H16Cl2N2O3S. The molecule has 5 nitrogen and oxygen atoms in total. The standard InChI is InChI=1S/C16H16Cl2N2O3S/c1-24(22)9-3-8-19-16(21)14-4-2-5-15(20-14)23-11-6-7-12(17)13(18)10-11/h2,4-7,10H,3,8-9H2,1H3,(H,19,21)/t24-/m0/s1. The first-order valence-electron chi connectivity index (χ1n) is 7.14. The highest BCUT2D eigenvalue weighted by Gasteiger charge is 2.09. The number of aromatic nitrogens is 1. The fourth-order valence-corrected chi connectivity index (χ4v) is 2.67. The van der Waals surface area contributed by atoms with Crippen LogP contribution in [0.15, 0.2) is 36.4 Å². The maximum absolute atomic E-state index is 12.0. The van der Waals surface area contributed by atoms with Gasteiger partial charge in [-0.3, -0.25) is 9.00 Å². The molecule has 0 unspecified atom stereocenters. The molecule has 0 aliphatic carbocycles. The van der Waals surface area contributed by atoms with Crippen molar-refractivity contribution in [2.45, 2.75) is 6.42 Å². The molecule has 0 radical (unpaired) electrons. The number of amides is 1. The normalized spacial score (nSPS) is 11.8. The molecule has 0 aliphatic rings. The Bertz CT molecular complexity index is 756. The van der Waals surface area contributed by atoms with Gasteiger partial charge in [0.15, 0.2) is 0 Å². The monoisotopic (exact) mass is 386 g/mol. The second-order valence-electron chi connectivity index (χ2n) is 4.93. The first-order valence-corrected chi connectivity index (χ1v) is 9.62. The highest BCUT2D eigenvalue weighted by molar-refractivity contribution is 7.84. The molecule has 1 aromatic heterocycles. The molecule has 8 heteroatoms. The van der Waals surface area contributed by atoms with Crippen LogP contribution in [0.1, 0.15) is 16.9 Å². The molecular weight excluding hydrogens is 371 g/mol. The Labute approximate surface area is 152 Å². The molecule has 0 saturated heterocycles. The molecule has 1 aromatic carbocycles. The number of pyridine rings is 1. The Kier molecular flexibility index (Phi) is 7.02. The first-order chi connectivity index (χ1) is 11.5. The van der Waals surface area contributed by atoms with Crippen LogP contribution >= 0.6 is 23.2 Å². The smallest absolute Gasteiger partial charge is 0.270 e. The topological polar surface area (TPSA) is 68.3 Å². The fraction of sp³-hybridized carbons (Fsp3) is 0.250. The lowest BCUT2D eigenvalue weighted by Crippen LogP contribution is -2.26. The molecule has 128 valence electrons. The van der Waals surface area contributed by atoms with E-state index < -0.39 is 10.8 Å². The van der Waals surface area contributed by atoms with Crippen LogP contribution in [0.4, 0.5) is 0 Å². The maximum atomic E-state index is 12.0. The number of nitrogens with one attached hydrogen (secondary N) is 1. The molecule has 0 spiro atoms.